The average Bonchev–Trinajstić information content (AvgIpc) is 3.65. The van der Waals surface area contributed by atoms with E-state index in [1.54, 1.807) is 6.20 Å². The third kappa shape index (κ3) is 9.58. The van der Waals surface area contributed by atoms with E-state index >= 15 is 0 Å². The predicted molar refractivity (Wildman–Crippen MR) is 185 cm³/mol. The Bertz CT molecular complexity index is 1760. The van der Waals surface area contributed by atoms with E-state index in [0.717, 1.165) is 32.9 Å². The molecule has 0 saturated carbocycles. The van der Waals surface area contributed by atoms with Gasteiger partial charge in [0, 0.05) is 47.2 Å². The van der Waals surface area contributed by atoms with Crippen LogP contribution in [0.25, 0.3) is 21.8 Å². The molecule has 2 aromatic carbocycles. The number of aliphatic imine (C=N–C) groups is 1. The van der Waals surface area contributed by atoms with Gasteiger partial charge in [-0.2, -0.15) is 0 Å². The van der Waals surface area contributed by atoms with Crippen LogP contribution < -0.4 is 33.2 Å². The number of aromatic amines is 2. The predicted octanol–water partition coefficient (Wildman–Crippen LogP) is 1.40. The van der Waals surface area contributed by atoms with Crippen LogP contribution in [0.15, 0.2) is 65.9 Å². The van der Waals surface area contributed by atoms with Gasteiger partial charge in [-0.15, -0.1) is 0 Å². The number of hydrogen-bond acceptors (Lipinski definition) is 6. The molecule has 4 aromatic rings. The number of carbonyl (C=O) groups is 4. The van der Waals surface area contributed by atoms with Crippen molar-refractivity contribution >= 4 is 51.5 Å². The molecule has 14 nitrogen and oxygen atoms in total. The number of carboxylic acids is 1. The summed E-state index contributed by atoms with van der Waals surface area (Å²) in [6, 6.07) is 10.8. The number of guanidine groups is 1. The lowest BCUT2D eigenvalue weighted by Gasteiger charge is -2.25. The van der Waals surface area contributed by atoms with Crippen LogP contribution in [0, 0.1) is 5.92 Å². The maximum atomic E-state index is 14.0. The highest BCUT2D eigenvalue weighted by atomic mass is 16.4. The minimum absolute atomic E-state index is 0.00876. The second-order valence-electron chi connectivity index (χ2n) is 12.3. The number of aromatic nitrogens is 2. The second kappa shape index (κ2) is 16.5. The summed E-state index contributed by atoms with van der Waals surface area (Å²) in [5.74, 6) is -3.16. The molecule has 4 rings (SSSR count). The fourth-order valence-corrected chi connectivity index (χ4v) is 5.65. The van der Waals surface area contributed by atoms with Crippen LogP contribution in [0.3, 0.4) is 0 Å². The Kier molecular flexibility index (Phi) is 12.2. The number of para-hydroxylation sites is 2. The molecule has 2 heterocycles. The molecule has 4 atom stereocenters. The van der Waals surface area contributed by atoms with Crippen molar-refractivity contribution in [3.05, 3.63) is 72.1 Å². The SMILES string of the molecule is CC(C)CC(NC(=O)C(CCCN=C(N)N)NC(=O)C(Cc1c[nH]c2ccccc12)NC(=O)C(N)Cc1c[nH]c2ccccc12)C(=O)O. The van der Waals surface area contributed by atoms with Crippen LogP contribution in [-0.2, 0) is 32.0 Å². The molecule has 0 spiro atoms. The van der Waals surface area contributed by atoms with Crippen LogP contribution in [0.5, 0.6) is 0 Å². The number of benzene rings is 2. The van der Waals surface area contributed by atoms with Crippen molar-refractivity contribution in [2.75, 3.05) is 6.54 Å². The first-order valence-electron chi connectivity index (χ1n) is 16.0. The number of nitrogens with zero attached hydrogens (tertiary/aromatic N) is 1. The number of nitrogens with one attached hydrogen (secondary N) is 5. The number of hydrogen-bond donors (Lipinski definition) is 9. The summed E-state index contributed by atoms with van der Waals surface area (Å²) in [4.78, 5) is 63.1. The van der Waals surface area contributed by atoms with Crippen molar-refractivity contribution in [2.45, 2.75) is 70.1 Å². The summed E-state index contributed by atoms with van der Waals surface area (Å²) in [6.07, 6.45) is 4.51. The van der Waals surface area contributed by atoms with Crippen LogP contribution in [0.1, 0.15) is 44.2 Å². The number of amides is 3. The van der Waals surface area contributed by atoms with E-state index in [1.165, 1.54) is 0 Å². The van der Waals surface area contributed by atoms with E-state index in [2.05, 4.69) is 30.9 Å². The van der Waals surface area contributed by atoms with Gasteiger partial charge in [0.05, 0.1) is 6.04 Å². The number of H-pyrrole nitrogens is 2. The van der Waals surface area contributed by atoms with E-state index in [4.69, 9.17) is 17.2 Å². The zero-order valence-corrected chi connectivity index (χ0v) is 27.2. The molecule has 0 aliphatic heterocycles. The molecular formula is C34H45N9O5. The van der Waals surface area contributed by atoms with Crippen molar-refractivity contribution in [3.8, 4) is 0 Å². The van der Waals surface area contributed by atoms with Crippen LogP contribution in [0.2, 0.25) is 0 Å². The van der Waals surface area contributed by atoms with E-state index in [9.17, 15) is 24.3 Å². The lowest BCUT2D eigenvalue weighted by atomic mass is 10.0. The van der Waals surface area contributed by atoms with E-state index in [-0.39, 0.29) is 44.1 Å². The molecule has 0 radical (unpaired) electrons. The first-order valence-corrected chi connectivity index (χ1v) is 16.0. The summed E-state index contributed by atoms with van der Waals surface area (Å²) >= 11 is 0. The van der Waals surface area contributed by atoms with E-state index in [1.807, 2.05) is 68.6 Å². The molecule has 48 heavy (non-hydrogen) atoms. The van der Waals surface area contributed by atoms with Crippen molar-refractivity contribution < 1.29 is 24.3 Å². The standard InChI is InChI=1S/C34H45N9O5/c1-19(2)14-29(33(47)48)43-31(45)27(12-7-13-38-34(36)37)41-32(46)28(16-21-18-40-26-11-6-4-9-23(21)26)42-30(44)24(35)15-20-17-39-25-10-5-3-8-22(20)25/h3-6,8-11,17-19,24,27-29,39-40H,7,12-16,35H2,1-2H3,(H,41,46)(H,42,44)(H,43,45)(H,47,48)(H4,36,37,38). The van der Waals surface area contributed by atoms with Crippen molar-refractivity contribution in [1.29, 1.82) is 0 Å². The van der Waals surface area contributed by atoms with E-state index in [0.29, 0.717) is 6.42 Å². The highest BCUT2D eigenvalue weighted by Crippen LogP contribution is 2.21. The topological polar surface area (TPSA) is 247 Å². The van der Waals surface area contributed by atoms with Gasteiger partial charge >= 0.3 is 5.97 Å². The Hall–Kier alpha value is -5.37. The molecule has 0 fully saturated rings. The number of rotatable bonds is 17. The van der Waals surface area contributed by atoms with Crippen LogP contribution in [0.4, 0.5) is 0 Å². The monoisotopic (exact) mass is 659 g/mol. The normalized spacial score (nSPS) is 13.8. The van der Waals surface area contributed by atoms with Gasteiger partial charge in [0.2, 0.25) is 17.7 Å². The van der Waals surface area contributed by atoms with Gasteiger partial charge in [-0.05, 0) is 54.9 Å². The number of carbonyl (C=O) groups excluding carboxylic acids is 3. The second-order valence-corrected chi connectivity index (χ2v) is 12.3. The summed E-state index contributed by atoms with van der Waals surface area (Å²) in [5.41, 5.74) is 20.7. The van der Waals surface area contributed by atoms with Gasteiger partial charge in [0.15, 0.2) is 5.96 Å². The number of nitrogens with two attached hydrogens (primary N) is 3. The molecule has 0 bridgehead atoms. The highest BCUT2D eigenvalue weighted by Gasteiger charge is 2.31. The third-order valence-electron chi connectivity index (χ3n) is 8.08. The zero-order chi connectivity index (χ0) is 34.8. The number of carboxylic acid groups (broad SMARTS) is 1. The van der Waals surface area contributed by atoms with Gasteiger partial charge in [0.1, 0.15) is 18.1 Å². The fourth-order valence-electron chi connectivity index (χ4n) is 5.65. The molecule has 2 aromatic heterocycles. The maximum Gasteiger partial charge on any atom is 0.326 e. The van der Waals surface area contributed by atoms with Crippen LogP contribution in [-0.4, -0.2) is 75.4 Å². The lowest BCUT2D eigenvalue weighted by molar-refractivity contribution is -0.142. The fraction of sp³-hybridized carbons (Fsp3) is 0.382. The molecular weight excluding hydrogens is 614 g/mol. The molecule has 4 unspecified atom stereocenters. The van der Waals surface area contributed by atoms with Gasteiger partial charge in [-0.3, -0.25) is 19.4 Å². The number of fused-ring (bicyclic) bond motifs is 2. The molecule has 0 saturated heterocycles. The smallest absolute Gasteiger partial charge is 0.326 e. The van der Waals surface area contributed by atoms with Gasteiger partial charge in [-0.1, -0.05) is 50.2 Å². The molecule has 256 valence electrons. The summed E-state index contributed by atoms with van der Waals surface area (Å²) in [7, 11) is 0. The minimum atomic E-state index is -1.18. The molecule has 0 aliphatic rings. The number of aliphatic carboxylic acids is 1. The first kappa shape index (κ1) is 35.5. The Labute approximate surface area is 278 Å². The highest BCUT2D eigenvalue weighted by molar-refractivity contribution is 5.95. The largest absolute Gasteiger partial charge is 0.480 e. The van der Waals surface area contributed by atoms with Crippen LogP contribution >= 0.6 is 0 Å². The molecule has 0 aliphatic carbocycles. The quantitative estimate of drug-likeness (QED) is 0.0454. The van der Waals surface area contributed by atoms with Gasteiger partial charge in [0.25, 0.3) is 0 Å². The minimum Gasteiger partial charge on any atom is -0.480 e. The lowest BCUT2D eigenvalue weighted by Crippen LogP contribution is -2.57. The Morgan fingerprint density at radius 3 is 1.85 bits per heavy atom. The third-order valence-corrected chi connectivity index (χ3v) is 8.08. The summed E-state index contributed by atoms with van der Waals surface area (Å²) in [6.45, 7) is 3.88. The van der Waals surface area contributed by atoms with Crippen molar-refractivity contribution in [1.82, 2.24) is 25.9 Å². The Morgan fingerprint density at radius 1 is 0.771 bits per heavy atom. The summed E-state index contributed by atoms with van der Waals surface area (Å²) in [5, 5.41) is 19.7. The molecule has 14 heteroatoms. The molecule has 12 N–H and O–H groups in total. The van der Waals surface area contributed by atoms with Gasteiger partial charge in [-0.25, -0.2) is 4.79 Å². The summed E-state index contributed by atoms with van der Waals surface area (Å²) < 4.78 is 0. The van der Waals surface area contributed by atoms with Gasteiger partial charge < -0.3 is 48.2 Å². The zero-order valence-electron chi connectivity index (χ0n) is 27.2. The molecule has 3 amide bonds. The Balaban J connectivity index is 1.56. The Morgan fingerprint density at radius 2 is 1.29 bits per heavy atom. The van der Waals surface area contributed by atoms with E-state index < -0.39 is 47.9 Å². The maximum absolute atomic E-state index is 14.0. The van der Waals surface area contributed by atoms with Crippen molar-refractivity contribution in [2.24, 2.45) is 28.1 Å². The van der Waals surface area contributed by atoms with Crippen molar-refractivity contribution in [3.63, 3.8) is 0 Å². The average molecular weight is 660 g/mol. The first-order chi connectivity index (χ1) is 22.9.